The topological polar surface area (TPSA) is 60.9 Å². The van der Waals surface area contributed by atoms with Crippen molar-refractivity contribution in [1.82, 2.24) is 9.55 Å². The number of nitrogens with two attached hydrogens (primary N) is 1. The van der Waals surface area contributed by atoms with E-state index in [4.69, 9.17) is 5.73 Å². The molecule has 13 heavy (non-hydrogen) atoms. The van der Waals surface area contributed by atoms with Crippen molar-refractivity contribution in [2.75, 3.05) is 6.54 Å². The van der Waals surface area contributed by atoms with Crippen molar-refractivity contribution in [2.45, 2.75) is 19.9 Å². The first-order valence-electron chi connectivity index (χ1n) is 4.08. The minimum absolute atomic E-state index is 0.0408. The molecule has 0 spiro atoms. The van der Waals surface area contributed by atoms with Crippen LogP contribution in [0.1, 0.15) is 12.1 Å². The van der Waals surface area contributed by atoms with Gasteiger partial charge in [0.05, 0.1) is 12.0 Å². The summed E-state index contributed by atoms with van der Waals surface area (Å²) in [5.74, 6) is 0. The zero-order valence-corrected chi connectivity index (χ0v) is 9.04. The molecule has 0 atom stereocenters. The molecular weight excluding hydrogens is 234 g/mol. The van der Waals surface area contributed by atoms with E-state index in [0.29, 0.717) is 23.3 Å². The van der Waals surface area contributed by atoms with Gasteiger partial charge in [-0.25, -0.2) is 4.98 Å². The van der Waals surface area contributed by atoms with E-state index in [1.807, 2.05) is 0 Å². The van der Waals surface area contributed by atoms with Crippen LogP contribution >= 0.6 is 15.9 Å². The zero-order valence-electron chi connectivity index (χ0n) is 7.46. The summed E-state index contributed by atoms with van der Waals surface area (Å²) < 4.78 is 2.09. The predicted molar refractivity (Wildman–Crippen MR) is 54.6 cm³/mol. The molecule has 0 bridgehead atoms. The molecule has 2 N–H and O–H groups in total. The van der Waals surface area contributed by atoms with Crippen LogP contribution < -0.4 is 11.3 Å². The largest absolute Gasteiger partial charge is 0.330 e. The SMILES string of the molecule is Cc1ncn(CCCN)c(=O)c1Br. The van der Waals surface area contributed by atoms with Gasteiger partial charge in [0.25, 0.3) is 5.56 Å². The van der Waals surface area contributed by atoms with Crippen molar-refractivity contribution >= 4 is 15.9 Å². The minimum atomic E-state index is -0.0408. The maximum absolute atomic E-state index is 11.5. The molecule has 0 saturated carbocycles. The minimum Gasteiger partial charge on any atom is -0.330 e. The molecule has 0 amide bonds. The monoisotopic (exact) mass is 245 g/mol. The van der Waals surface area contributed by atoms with Crippen LogP contribution in [-0.2, 0) is 6.54 Å². The predicted octanol–water partition coefficient (Wildman–Crippen LogP) is 0.663. The first-order chi connectivity index (χ1) is 6.16. The maximum Gasteiger partial charge on any atom is 0.267 e. The van der Waals surface area contributed by atoms with Crippen LogP contribution in [0, 0.1) is 6.92 Å². The van der Waals surface area contributed by atoms with Gasteiger partial charge in [-0.05, 0) is 35.8 Å². The van der Waals surface area contributed by atoms with E-state index < -0.39 is 0 Å². The van der Waals surface area contributed by atoms with Crippen LogP contribution in [0.3, 0.4) is 0 Å². The summed E-state index contributed by atoms with van der Waals surface area (Å²) in [7, 11) is 0. The van der Waals surface area contributed by atoms with Gasteiger partial charge in [0.2, 0.25) is 0 Å². The van der Waals surface area contributed by atoms with Crippen LogP contribution in [0.25, 0.3) is 0 Å². The molecule has 0 saturated heterocycles. The zero-order chi connectivity index (χ0) is 9.84. The number of rotatable bonds is 3. The first-order valence-corrected chi connectivity index (χ1v) is 4.87. The molecule has 0 aliphatic rings. The molecule has 4 nitrogen and oxygen atoms in total. The second kappa shape index (κ2) is 4.53. The Morgan fingerprint density at radius 1 is 1.69 bits per heavy atom. The second-order valence-corrected chi connectivity index (χ2v) is 3.58. The van der Waals surface area contributed by atoms with Crippen LogP contribution in [-0.4, -0.2) is 16.1 Å². The molecule has 5 heteroatoms. The van der Waals surface area contributed by atoms with Gasteiger partial charge in [0.1, 0.15) is 4.47 Å². The maximum atomic E-state index is 11.5. The lowest BCUT2D eigenvalue weighted by atomic mass is 10.4. The third kappa shape index (κ3) is 2.38. The Morgan fingerprint density at radius 2 is 2.38 bits per heavy atom. The molecule has 0 aromatic carbocycles. The van der Waals surface area contributed by atoms with Gasteiger partial charge in [-0.15, -0.1) is 0 Å². The van der Waals surface area contributed by atoms with Crippen LogP contribution in [0.5, 0.6) is 0 Å². The van der Waals surface area contributed by atoms with E-state index in [2.05, 4.69) is 20.9 Å². The number of aryl methyl sites for hydroxylation is 2. The molecule has 0 unspecified atom stereocenters. The van der Waals surface area contributed by atoms with Gasteiger partial charge in [-0.3, -0.25) is 9.36 Å². The summed E-state index contributed by atoms with van der Waals surface area (Å²) >= 11 is 3.19. The summed E-state index contributed by atoms with van der Waals surface area (Å²) in [6.07, 6.45) is 2.34. The smallest absolute Gasteiger partial charge is 0.267 e. The number of hydrogen-bond acceptors (Lipinski definition) is 3. The number of halogens is 1. The fraction of sp³-hybridized carbons (Fsp3) is 0.500. The van der Waals surface area contributed by atoms with Crippen molar-refractivity contribution in [3.63, 3.8) is 0 Å². The highest BCUT2D eigenvalue weighted by Gasteiger charge is 2.03. The number of aromatic nitrogens is 2. The molecule has 1 aromatic heterocycles. The quantitative estimate of drug-likeness (QED) is 0.852. The van der Waals surface area contributed by atoms with E-state index in [-0.39, 0.29) is 5.56 Å². The van der Waals surface area contributed by atoms with Crippen LogP contribution in [0.15, 0.2) is 15.6 Å². The summed E-state index contributed by atoms with van der Waals surface area (Å²) in [5, 5.41) is 0. The normalized spacial score (nSPS) is 10.4. The summed E-state index contributed by atoms with van der Waals surface area (Å²) in [5.41, 5.74) is 6.02. The third-order valence-corrected chi connectivity index (χ3v) is 2.67. The van der Waals surface area contributed by atoms with E-state index >= 15 is 0 Å². The Hall–Kier alpha value is -0.680. The van der Waals surface area contributed by atoms with Crippen LogP contribution in [0.4, 0.5) is 0 Å². The van der Waals surface area contributed by atoms with Crippen LogP contribution in [0.2, 0.25) is 0 Å². The Kier molecular flexibility index (Phi) is 3.62. The fourth-order valence-electron chi connectivity index (χ4n) is 0.967. The molecule has 72 valence electrons. The van der Waals surface area contributed by atoms with Gasteiger partial charge in [-0.1, -0.05) is 0 Å². The highest BCUT2D eigenvalue weighted by Crippen LogP contribution is 2.05. The van der Waals surface area contributed by atoms with Crippen molar-refractivity contribution in [2.24, 2.45) is 5.73 Å². The molecule has 0 fully saturated rings. The van der Waals surface area contributed by atoms with E-state index in [1.54, 1.807) is 17.8 Å². The summed E-state index contributed by atoms with van der Waals surface area (Å²) in [6, 6.07) is 0. The average molecular weight is 246 g/mol. The average Bonchev–Trinajstić information content (AvgIpc) is 2.13. The Balaban J connectivity index is 2.97. The summed E-state index contributed by atoms with van der Waals surface area (Å²) in [4.78, 5) is 15.6. The highest BCUT2D eigenvalue weighted by molar-refractivity contribution is 9.10. The van der Waals surface area contributed by atoms with E-state index in [9.17, 15) is 4.79 Å². The second-order valence-electron chi connectivity index (χ2n) is 2.78. The lowest BCUT2D eigenvalue weighted by molar-refractivity contribution is 0.613. The van der Waals surface area contributed by atoms with Gasteiger partial charge in [0, 0.05) is 6.54 Å². The molecule has 1 heterocycles. The van der Waals surface area contributed by atoms with E-state index in [1.165, 1.54) is 0 Å². The Bertz CT molecular complexity index is 348. The lowest BCUT2D eigenvalue weighted by Crippen LogP contribution is -2.23. The van der Waals surface area contributed by atoms with Crippen molar-refractivity contribution in [3.8, 4) is 0 Å². The Labute approximate surface area is 84.9 Å². The molecular formula is C8H12BrN3O. The standard InChI is InChI=1S/C8H12BrN3O/c1-6-7(9)8(13)12(5-11-6)4-2-3-10/h5H,2-4,10H2,1H3. The molecule has 0 aliphatic carbocycles. The van der Waals surface area contributed by atoms with Crippen molar-refractivity contribution in [1.29, 1.82) is 0 Å². The molecule has 1 rings (SSSR count). The Morgan fingerprint density at radius 3 is 3.00 bits per heavy atom. The van der Waals surface area contributed by atoms with Gasteiger partial charge >= 0.3 is 0 Å². The lowest BCUT2D eigenvalue weighted by Gasteiger charge is -2.05. The van der Waals surface area contributed by atoms with E-state index in [0.717, 1.165) is 6.42 Å². The van der Waals surface area contributed by atoms with Gasteiger partial charge in [0.15, 0.2) is 0 Å². The highest BCUT2D eigenvalue weighted by atomic mass is 79.9. The van der Waals surface area contributed by atoms with Gasteiger partial charge < -0.3 is 5.73 Å². The summed E-state index contributed by atoms with van der Waals surface area (Å²) in [6.45, 7) is 3.00. The van der Waals surface area contributed by atoms with Crippen molar-refractivity contribution in [3.05, 3.63) is 26.8 Å². The third-order valence-electron chi connectivity index (χ3n) is 1.76. The number of hydrogen-bond donors (Lipinski definition) is 1. The fourth-order valence-corrected chi connectivity index (χ4v) is 1.30. The molecule has 0 aliphatic heterocycles. The van der Waals surface area contributed by atoms with Crippen molar-refractivity contribution < 1.29 is 0 Å². The van der Waals surface area contributed by atoms with Gasteiger partial charge in [-0.2, -0.15) is 0 Å². The molecule has 0 radical (unpaired) electrons. The molecule has 1 aromatic rings. The number of nitrogens with zero attached hydrogens (tertiary/aromatic N) is 2. The first kappa shape index (κ1) is 10.4.